The Labute approximate surface area is 168 Å². The van der Waals surface area contributed by atoms with Crippen molar-refractivity contribution in [2.45, 2.75) is 38.5 Å². The van der Waals surface area contributed by atoms with Crippen LogP contribution in [0.3, 0.4) is 0 Å². The lowest BCUT2D eigenvalue weighted by atomic mass is 9.85. The number of hydrogen-bond donors (Lipinski definition) is 3. The smallest absolute Gasteiger partial charge is 0.362 e. The highest BCUT2D eigenvalue weighted by Crippen LogP contribution is 2.46. The van der Waals surface area contributed by atoms with Gasteiger partial charge in [-0.05, 0) is 53.1 Å². The molecule has 2 aromatic rings. The van der Waals surface area contributed by atoms with E-state index in [-0.39, 0.29) is 11.2 Å². The Hall–Kier alpha value is -1.23. The van der Waals surface area contributed by atoms with Crippen molar-refractivity contribution in [2.75, 3.05) is 6.35 Å². The van der Waals surface area contributed by atoms with Crippen LogP contribution in [-0.4, -0.2) is 21.2 Å². The van der Waals surface area contributed by atoms with Gasteiger partial charge in [0, 0.05) is 22.0 Å². The highest BCUT2D eigenvalue weighted by Gasteiger charge is 2.34. The van der Waals surface area contributed by atoms with Gasteiger partial charge in [-0.1, -0.05) is 43.1 Å². The number of rotatable bonds is 5. The van der Waals surface area contributed by atoms with Gasteiger partial charge in [0.15, 0.2) is 6.35 Å². The van der Waals surface area contributed by atoms with E-state index >= 15 is 0 Å². The van der Waals surface area contributed by atoms with E-state index in [2.05, 4.69) is 13.8 Å². The van der Waals surface area contributed by atoms with E-state index in [0.717, 1.165) is 29.5 Å². The second kappa shape index (κ2) is 7.31. The molecule has 0 amide bonds. The maximum Gasteiger partial charge on any atom is 0.362 e. The molecule has 146 valence electrons. The Balaban J connectivity index is 1.92. The minimum absolute atomic E-state index is 0.0801. The van der Waals surface area contributed by atoms with Crippen LogP contribution in [0.1, 0.15) is 42.5 Å². The summed E-state index contributed by atoms with van der Waals surface area (Å²) in [6.07, 6.45) is 1.60. The molecule has 0 spiro atoms. The second-order valence-corrected chi connectivity index (χ2v) is 9.86. The quantitative estimate of drug-likeness (QED) is 0.579. The summed E-state index contributed by atoms with van der Waals surface area (Å²) in [6.45, 7) is 4.24. The minimum atomic E-state index is -4.29. The van der Waals surface area contributed by atoms with E-state index in [1.165, 1.54) is 12.1 Å². The van der Waals surface area contributed by atoms with Crippen molar-refractivity contribution < 1.29 is 24.2 Å². The number of hydrogen-bond acceptors (Lipinski definition) is 3. The van der Waals surface area contributed by atoms with Crippen LogP contribution in [0.25, 0.3) is 0 Å². The fourth-order valence-electron chi connectivity index (χ4n) is 3.63. The van der Waals surface area contributed by atoms with E-state index in [0.29, 0.717) is 27.8 Å². The number of phenolic OH excluding ortho intramolecular Hbond substituents is 1. The predicted molar refractivity (Wildman–Crippen MR) is 106 cm³/mol. The standard InChI is InChI=1S/C19H21Cl2O5P/c1-19(2)6-5-13-11(3-4-17(22)18(13)19)7-14-15(20)8-12(9-16(14)21)26-10-27(23,24)25/h3-4,8-9,22H,5-7,10H2,1-2H3,(H2,23,24,25). The van der Waals surface area contributed by atoms with E-state index in [1.807, 2.05) is 6.07 Å². The minimum Gasteiger partial charge on any atom is -0.508 e. The van der Waals surface area contributed by atoms with Crippen LogP contribution in [0.5, 0.6) is 11.5 Å². The summed E-state index contributed by atoms with van der Waals surface area (Å²) in [5.41, 5.74) is 3.80. The Kier molecular flexibility index (Phi) is 5.55. The van der Waals surface area contributed by atoms with Gasteiger partial charge < -0.3 is 19.6 Å². The summed E-state index contributed by atoms with van der Waals surface area (Å²) in [7, 11) is -4.29. The van der Waals surface area contributed by atoms with Crippen LogP contribution in [-0.2, 0) is 22.8 Å². The highest BCUT2D eigenvalue weighted by atomic mass is 35.5. The van der Waals surface area contributed by atoms with Crippen LogP contribution in [0.4, 0.5) is 0 Å². The Morgan fingerprint density at radius 1 is 1.19 bits per heavy atom. The average molecular weight is 431 g/mol. The SMILES string of the molecule is CC1(C)CCc2c(Cc3c(Cl)cc(OCP(=O)(O)O)cc3Cl)ccc(O)c21. The monoisotopic (exact) mass is 430 g/mol. The molecule has 5 nitrogen and oxygen atoms in total. The molecule has 1 aliphatic rings. The fraction of sp³-hybridized carbons (Fsp3) is 0.368. The van der Waals surface area contributed by atoms with Crippen molar-refractivity contribution in [1.82, 2.24) is 0 Å². The van der Waals surface area contributed by atoms with E-state index in [4.69, 9.17) is 37.7 Å². The molecule has 0 radical (unpaired) electrons. The molecule has 27 heavy (non-hydrogen) atoms. The van der Waals surface area contributed by atoms with Crippen molar-refractivity contribution in [2.24, 2.45) is 0 Å². The topological polar surface area (TPSA) is 87.0 Å². The van der Waals surface area contributed by atoms with E-state index in [9.17, 15) is 9.67 Å². The Morgan fingerprint density at radius 2 is 1.81 bits per heavy atom. The first-order valence-corrected chi connectivity index (χ1v) is 11.0. The third-order valence-corrected chi connectivity index (χ3v) is 6.09. The van der Waals surface area contributed by atoms with Crippen molar-refractivity contribution in [1.29, 1.82) is 0 Å². The molecule has 0 fully saturated rings. The predicted octanol–water partition coefficient (Wildman–Crippen LogP) is 5.03. The molecule has 8 heteroatoms. The van der Waals surface area contributed by atoms with Crippen LogP contribution >= 0.6 is 30.8 Å². The number of phenols is 1. The molecule has 3 N–H and O–H groups in total. The van der Waals surface area contributed by atoms with Crippen molar-refractivity contribution in [3.05, 3.63) is 56.6 Å². The summed E-state index contributed by atoms with van der Waals surface area (Å²) < 4.78 is 16.0. The van der Waals surface area contributed by atoms with Crippen LogP contribution in [0, 0.1) is 0 Å². The maximum absolute atomic E-state index is 11.0. The first-order chi connectivity index (χ1) is 12.5. The molecule has 0 saturated carbocycles. The number of fused-ring (bicyclic) bond motifs is 1. The molecule has 0 saturated heterocycles. The molecule has 0 bridgehead atoms. The highest BCUT2D eigenvalue weighted by molar-refractivity contribution is 7.51. The number of aromatic hydroxyl groups is 1. The summed E-state index contributed by atoms with van der Waals surface area (Å²) >= 11 is 12.7. The molecule has 0 atom stereocenters. The van der Waals surface area contributed by atoms with Gasteiger partial charge in [0.1, 0.15) is 11.5 Å². The lowest BCUT2D eigenvalue weighted by Gasteiger charge is -2.21. The van der Waals surface area contributed by atoms with Gasteiger partial charge in [-0.3, -0.25) is 4.57 Å². The second-order valence-electron chi connectivity index (χ2n) is 7.46. The molecule has 1 aliphatic carbocycles. The Bertz CT molecular complexity index is 913. The molecule has 0 aromatic heterocycles. The van der Waals surface area contributed by atoms with Gasteiger partial charge in [-0.25, -0.2) is 0 Å². The zero-order valence-corrected chi connectivity index (χ0v) is 17.4. The van der Waals surface area contributed by atoms with Crippen molar-refractivity contribution in [3.63, 3.8) is 0 Å². The molecular formula is C19H21Cl2O5P. The average Bonchev–Trinajstić information content (AvgIpc) is 2.87. The zero-order valence-electron chi connectivity index (χ0n) is 15.0. The van der Waals surface area contributed by atoms with Crippen LogP contribution < -0.4 is 4.74 Å². The van der Waals surface area contributed by atoms with Gasteiger partial charge in [0.05, 0.1) is 0 Å². The molecule has 0 heterocycles. The molecule has 0 aliphatic heterocycles. The summed E-state index contributed by atoms with van der Waals surface area (Å²) in [6, 6.07) is 6.60. The first kappa shape index (κ1) is 20.5. The van der Waals surface area contributed by atoms with Crippen LogP contribution in [0.2, 0.25) is 10.0 Å². The van der Waals surface area contributed by atoms with E-state index < -0.39 is 13.9 Å². The maximum atomic E-state index is 11.0. The zero-order chi connectivity index (χ0) is 20.0. The number of halogens is 2. The third kappa shape index (κ3) is 4.44. The largest absolute Gasteiger partial charge is 0.508 e. The van der Waals surface area contributed by atoms with Gasteiger partial charge in [0.2, 0.25) is 0 Å². The van der Waals surface area contributed by atoms with Crippen molar-refractivity contribution in [3.8, 4) is 11.5 Å². The Morgan fingerprint density at radius 3 is 2.41 bits per heavy atom. The first-order valence-electron chi connectivity index (χ1n) is 8.47. The molecular weight excluding hydrogens is 410 g/mol. The fourth-order valence-corrected chi connectivity index (χ4v) is 4.55. The lowest BCUT2D eigenvalue weighted by Crippen LogP contribution is -2.12. The number of benzene rings is 2. The normalized spacial score (nSPS) is 15.6. The van der Waals surface area contributed by atoms with Crippen LogP contribution in [0.15, 0.2) is 24.3 Å². The third-order valence-electron chi connectivity index (χ3n) is 4.95. The summed E-state index contributed by atoms with van der Waals surface area (Å²) in [4.78, 5) is 17.8. The molecule has 0 unspecified atom stereocenters. The van der Waals surface area contributed by atoms with Gasteiger partial charge in [-0.2, -0.15) is 0 Å². The molecule has 2 aromatic carbocycles. The van der Waals surface area contributed by atoms with Gasteiger partial charge in [0.25, 0.3) is 0 Å². The van der Waals surface area contributed by atoms with Gasteiger partial charge in [-0.15, -0.1) is 0 Å². The molecule has 3 rings (SSSR count). The van der Waals surface area contributed by atoms with Gasteiger partial charge >= 0.3 is 7.60 Å². The summed E-state index contributed by atoms with van der Waals surface area (Å²) in [5.74, 6) is 0.517. The van der Waals surface area contributed by atoms with Crippen molar-refractivity contribution >= 4 is 30.8 Å². The summed E-state index contributed by atoms with van der Waals surface area (Å²) in [5, 5.41) is 11.0. The van der Waals surface area contributed by atoms with E-state index in [1.54, 1.807) is 6.07 Å². The number of ether oxygens (including phenoxy) is 1. The lowest BCUT2D eigenvalue weighted by molar-refractivity contribution is 0.300.